The summed E-state index contributed by atoms with van der Waals surface area (Å²) in [5.41, 5.74) is 4.54. The number of hydrogen-bond acceptors (Lipinski definition) is 1. The van der Waals surface area contributed by atoms with E-state index < -0.39 is 6.10 Å². The molecule has 19 heavy (non-hydrogen) atoms. The van der Waals surface area contributed by atoms with Crippen molar-refractivity contribution in [2.75, 3.05) is 0 Å². The summed E-state index contributed by atoms with van der Waals surface area (Å²) in [5.74, 6) is 0.754. The summed E-state index contributed by atoms with van der Waals surface area (Å²) in [6.07, 6.45) is 3.48. The van der Waals surface area contributed by atoms with Gasteiger partial charge in [0.05, 0.1) is 0 Å². The van der Waals surface area contributed by atoms with Gasteiger partial charge in [-0.1, -0.05) is 55.0 Å². The van der Waals surface area contributed by atoms with E-state index in [0.717, 1.165) is 22.6 Å². The third kappa shape index (κ3) is 2.43. The highest BCUT2D eigenvalue weighted by Gasteiger charge is 2.20. The van der Waals surface area contributed by atoms with Gasteiger partial charge >= 0.3 is 0 Å². The third-order valence-corrected chi connectivity index (χ3v) is 4.31. The van der Waals surface area contributed by atoms with Gasteiger partial charge in [0.15, 0.2) is 0 Å². The van der Waals surface area contributed by atoms with Crippen LogP contribution in [-0.4, -0.2) is 5.11 Å². The molecule has 1 heteroatoms. The molecule has 0 aromatic heterocycles. The maximum atomic E-state index is 10.5. The Hall–Kier alpha value is -1.60. The van der Waals surface area contributed by atoms with E-state index in [1.165, 1.54) is 24.8 Å². The third-order valence-electron chi connectivity index (χ3n) is 4.31. The summed E-state index contributed by atoms with van der Waals surface area (Å²) < 4.78 is 0. The lowest BCUT2D eigenvalue weighted by atomic mass is 9.80. The average molecular weight is 252 g/mol. The number of aliphatic hydroxyl groups is 1. The van der Waals surface area contributed by atoms with Gasteiger partial charge < -0.3 is 5.11 Å². The van der Waals surface area contributed by atoms with Crippen LogP contribution < -0.4 is 0 Å². The molecule has 3 rings (SSSR count). The fraction of sp³-hybridized carbons (Fsp3) is 0.333. The molecule has 98 valence electrons. The summed E-state index contributed by atoms with van der Waals surface area (Å²) in [6.45, 7) is 2.04. The molecule has 0 bridgehead atoms. The number of hydrogen-bond donors (Lipinski definition) is 1. The van der Waals surface area contributed by atoms with Crippen molar-refractivity contribution in [1.82, 2.24) is 0 Å². The largest absolute Gasteiger partial charge is 0.384 e. The van der Waals surface area contributed by atoms with Crippen molar-refractivity contribution >= 4 is 0 Å². The molecule has 2 aromatic carbocycles. The number of aryl methyl sites for hydroxylation is 1. The van der Waals surface area contributed by atoms with E-state index in [1.54, 1.807) is 0 Å². The lowest BCUT2D eigenvalue weighted by Crippen LogP contribution is -2.09. The average Bonchev–Trinajstić information content (AvgIpc) is 2.37. The predicted molar refractivity (Wildman–Crippen MR) is 78.3 cm³/mol. The van der Waals surface area contributed by atoms with Gasteiger partial charge in [0.1, 0.15) is 6.10 Å². The SMILES string of the molecule is Cc1ccccc1C(O)c1ccc(C2CCC2)cc1. The van der Waals surface area contributed by atoms with Gasteiger partial charge in [0.2, 0.25) is 0 Å². The van der Waals surface area contributed by atoms with Crippen LogP contribution in [0.15, 0.2) is 48.5 Å². The monoisotopic (exact) mass is 252 g/mol. The molecule has 1 nitrogen and oxygen atoms in total. The number of aliphatic hydroxyl groups excluding tert-OH is 1. The highest BCUT2D eigenvalue weighted by molar-refractivity contribution is 5.36. The van der Waals surface area contributed by atoms with Crippen molar-refractivity contribution < 1.29 is 5.11 Å². The van der Waals surface area contributed by atoms with Gasteiger partial charge in [0.25, 0.3) is 0 Å². The smallest absolute Gasteiger partial charge is 0.104 e. The van der Waals surface area contributed by atoms with E-state index in [4.69, 9.17) is 0 Å². The minimum Gasteiger partial charge on any atom is -0.384 e. The van der Waals surface area contributed by atoms with E-state index in [0.29, 0.717) is 0 Å². The molecule has 1 N–H and O–H groups in total. The number of benzene rings is 2. The molecule has 1 aliphatic rings. The molecule has 0 heterocycles. The Kier molecular flexibility index (Phi) is 3.39. The van der Waals surface area contributed by atoms with Crippen LogP contribution in [0.25, 0.3) is 0 Å². The Morgan fingerprint density at radius 3 is 2.26 bits per heavy atom. The van der Waals surface area contributed by atoms with Crippen molar-refractivity contribution in [3.05, 3.63) is 70.8 Å². The molecular weight excluding hydrogens is 232 g/mol. The highest BCUT2D eigenvalue weighted by Crippen LogP contribution is 2.36. The zero-order valence-corrected chi connectivity index (χ0v) is 11.3. The second-order valence-electron chi connectivity index (χ2n) is 5.55. The summed E-state index contributed by atoms with van der Waals surface area (Å²) >= 11 is 0. The van der Waals surface area contributed by atoms with Crippen LogP contribution in [0.2, 0.25) is 0 Å². The quantitative estimate of drug-likeness (QED) is 0.861. The van der Waals surface area contributed by atoms with Gasteiger partial charge in [-0.3, -0.25) is 0 Å². The van der Waals surface area contributed by atoms with Crippen molar-refractivity contribution in [3.63, 3.8) is 0 Å². The molecule has 0 aliphatic heterocycles. The zero-order chi connectivity index (χ0) is 13.2. The van der Waals surface area contributed by atoms with Crippen LogP contribution in [0.3, 0.4) is 0 Å². The van der Waals surface area contributed by atoms with Gasteiger partial charge in [-0.15, -0.1) is 0 Å². The van der Waals surface area contributed by atoms with Crippen molar-refractivity contribution in [2.24, 2.45) is 0 Å². The van der Waals surface area contributed by atoms with E-state index >= 15 is 0 Å². The second kappa shape index (κ2) is 5.18. The molecule has 0 spiro atoms. The predicted octanol–water partition coefficient (Wildman–Crippen LogP) is 4.34. The molecule has 1 unspecified atom stereocenters. The zero-order valence-electron chi connectivity index (χ0n) is 11.3. The van der Waals surface area contributed by atoms with Crippen molar-refractivity contribution in [1.29, 1.82) is 0 Å². The Bertz CT molecular complexity index is 552. The highest BCUT2D eigenvalue weighted by atomic mass is 16.3. The van der Waals surface area contributed by atoms with Crippen LogP contribution in [-0.2, 0) is 0 Å². The molecule has 1 fully saturated rings. The van der Waals surface area contributed by atoms with Crippen LogP contribution in [0.1, 0.15) is 53.5 Å². The summed E-state index contributed by atoms with van der Waals surface area (Å²) in [7, 11) is 0. The molecule has 0 radical (unpaired) electrons. The van der Waals surface area contributed by atoms with E-state index in [9.17, 15) is 5.11 Å². The topological polar surface area (TPSA) is 20.2 Å². The van der Waals surface area contributed by atoms with Gasteiger partial charge in [-0.05, 0) is 47.9 Å². The van der Waals surface area contributed by atoms with Gasteiger partial charge in [-0.25, -0.2) is 0 Å². The molecule has 0 amide bonds. The summed E-state index contributed by atoms with van der Waals surface area (Å²) in [5, 5.41) is 10.5. The Balaban J connectivity index is 1.83. The Morgan fingerprint density at radius 2 is 1.68 bits per heavy atom. The first-order valence-electron chi connectivity index (χ1n) is 7.09. The molecule has 1 aliphatic carbocycles. The summed E-state index contributed by atoms with van der Waals surface area (Å²) in [4.78, 5) is 0. The number of rotatable bonds is 3. The maximum Gasteiger partial charge on any atom is 0.104 e. The first kappa shape index (κ1) is 12.4. The molecule has 1 atom stereocenters. The second-order valence-corrected chi connectivity index (χ2v) is 5.55. The Labute approximate surface area is 114 Å². The van der Waals surface area contributed by atoms with E-state index in [2.05, 4.69) is 24.3 Å². The summed E-state index contributed by atoms with van der Waals surface area (Å²) in [6, 6.07) is 16.5. The molecule has 0 saturated heterocycles. The standard InChI is InChI=1S/C18H20O/c1-13-5-2-3-8-17(13)18(19)16-11-9-15(10-12-16)14-6-4-7-14/h2-3,5,8-12,14,18-19H,4,6-7H2,1H3. The molecular formula is C18H20O. The van der Waals surface area contributed by atoms with Crippen LogP contribution >= 0.6 is 0 Å². The minimum atomic E-state index is -0.517. The van der Waals surface area contributed by atoms with E-state index in [1.807, 2.05) is 31.2 Å². The lowest BCUT2D eigenvalue weighted by Gasteiger charge is -2.26. The van der Waals surface area contributed by atoms with Gasteiger partial charge in [0, 0.05) is 0 Å². The lowest BCUT2D eigenvalue weighted by molar-refractivity contribution is 0.219. The van der Waals surface area contributed by atoms with E-state index in [-0.39, 0.29) is 0 Å². The molecule has 1 saturated carbocycles. The van der Waals surface area contributed by atoms with Crippen LogP contribution in [0.4, 0.5) is 0 Å². The minimum absolute atomic E-state index is 0.517. The van der Waals surface area contributed by atoms with Crippen LogP contribution in [0.5, 0.6) is 0 Å². The van der Waals surface area contributed by atoms with Crippen LogP contribution in [0, 0.1) is 6.92 Å². The molecule has 2 aromatic rings. The van der Waals surface area contributed by atoms with Gasteiger partial charge in [-0.2, -0.15) is 0 Å². The first-order chi connectivity index (χ1) is 9.25. The maximum absolute atomic E-state index is 10.5. The van der Waals surface area contributed by atoms with Crippen molar-refractivity contribution in [3.8, 4) is 0 Å². The fourth-order valence-corrected chi connectivity index (χ4v) is 2.77. The Morgan fingerprint density at radius 1 is 1.00 bits per heavy atom. The fourth-order valence-electron chi connectivity index (χ4n) is 2.77. The van der Waals surface area contributed by atoms with Crippen molar-refractivity contribution in [2.45, 2.75) is 38.2 Å². The first-order valence-corrected chi connectivity index (χ1v) is 7.09. The normalized spacial score (nSPS) is 16.9.